The molecular weight excluding hydrogens is 858 g/mol. The number of non-ortho nitro benzene ring substituents is 1. The Morgan fingerprint density at radius 2 is 1.34 bits per heavy atom. The molecule has 1 fully saturated rings. The van der Waals surface area contributed by atoms with Gasteiger partial charge in [0.25, 0.3) is 5.69 Å². The molecule has 0 radical (unpaired) electrons. The van der Waals surface area contributed by atoms with Crippen LogP contribution in [0.1, 0.15) is 43.4 Å². The van der Waals surface area contributed by atoms with Crippen LogP contribution in [0.5, 0.6) is 11.5 Å². The van der Waals surface area contributed by atoms with Crippen molar-refractivity contribution in [3.05, 3.63) is 118 Å². The van der Waals surface area contributed by atoms with Gasteiger partial charge in [-0.1, -0.05) is 54.6 Å². The first-order valence-electron chi connectivity index (χ1n) is 19.6. The Hall–Kier alpha value is -8.07. The number of esters is 4. The monoisotopic (exact) mass is 899 g/mol. The summed E-state index contributed by atoms with van der Waals surface area (Å²) in [5.74, 6) is -5.22. The van der Waals surface area contributed by atoms with Gasteiger partial charge in [-0.3, -0.25) is 29.3 Å². The van der Waals surface area contributed by atoms with Gasteiger partial charge in [-0.2, -0.15) is 0 Å². The van der Waals surface area contributed by atoms with Crippen molar-refractivity contribution < 1.29 is 81.1 Å². The summed E-state index contributed by atoms with van der Waals surface area (Å²) in [7, 11) is 1.01. The Balaban J connectivity index is 1.21. The molecule has 0 spiro atoms. The lowest BCUT2D eigenvalue weighted by Gasteiger charge is -2.43. The lowest BCUT2D eigenvalue weighted by molar-refractivity contribution is -0.384. The van der Waals surface area contributed by atoms with Crippen LogP contribution < -0.4 is 20.1 Å². The van der Waals surface area contributed by atoms with E-state index in [1.165, 1.54) is 30.3 Å². The van der Waals surface area contributed by atoms with Crippen molar-refractivity contribution in [3.63, 3.8) is 0 Å². The molecule has 6 rings (SSSR count). The number of methoxy groups -OCH3 is 1. The maximum Gasteiger partial charge on any atom is 0.514 e. The summed E-state index contributed by atoms with van der Waals surface area (Å²) in [6, 6.07) is 24.1. The summed E-state index contributed by atoms with van der Waals surface area (Å²) >= 11 is 0. The Morgan fingerprint density at radius 3 is 1.94 bits per heavy atom. The molecule has 4 aromatic carbocycles. The van der Waals surface area contributed by atoms with Crippen LogP contribution in [0.4, 0.5) is 21.0 Å². The van der Waals surface area contributed by atoms with Crippen molar-refractivity contribution in [1.82, 2.24) is 5.32 Å². The van der Waals surface area contributed by atoms with Crippen LogP contribution in [-0.2, 0) is 63.7 Å². The molecule has 21 heteroatoms. The molecule has 2 amide bonds. The summed E-state index contributed by atoms with van der Waals surface area (Å²) < 4.78 is 48.8. The van der Waals surface area contributed by atoms with Crippen LogP contribution in [0.3, 0.4) is 0 Å². The maximum absolute atomic E-state index is 13.5. The third-order valence-electron chi connectivity index (χ3n) is 9.74. The largest absolute Gasteiger partial charge is 0.514 e. The molecule has 1 heterocycles. The van der Waals surface area contributed by atoms with E-state index in [-0.39, 0.29) is 41.0 Å². The fraction of sp³-hybridized carbons (Fsp3) is 0.295. The molecule has 2 aliphatic rings. The van der Waals surface area contributed by atoms with E-state index in [1.807, 2.05) is 48.5 Å². The highest BCUT2D eigenvalue weighted by molar-refractivity contribution is 5.95. The number of nitrogens with zero attached hydrogens (tertiary/aromatic N) is 1. The van der Waals surface area contributed by atoms with Crippen LogP contribution in [0.2, 0.25) is 0 Å². The summed E-state index contributed by atoms with van der Waals surface area (Å²) in [5, 5.41) is 15.9. The fourth-order valence-corrected chi connectivity index (χ4v) is 7.07. The second-order valence-corrected chi connectivity index (χ2v) is 14.2. The number of alkyl carbamates (subject to hydrolysis) is 1. The fourth-order valence-electron chi connectivity index (χ4n) is 7.07. The van der Waals surface area contributed by atoms with E-state index in [0.717, 1.165) is 62.3 Å². The minimum atomic E-state index is -1.83. The number of fused-ring (bicyclic) bond motifs is 3. The molecule has 0 aromatic heterocycles. The predicted octanol–water partition coefficient (Wildman–Crippen LogP) is 4.86. The van der Waals surface area contributed by atoms with Gasteiger partial charge in [-0.05, 0) is 52.1 Å². The highest BCUT2D eigenvalue weighted by Gasteiger charge is 2.56. The van der Waals surface area contributed by atoms with E-state index in [1.54, 1.807) is 0 Å². The first kappa shape index (κ1) is 46.4. The first-order chi connectivity index (χ1) is 31.1. The Labute approximate surface area is 369 Å². The number of carbonyl (C=O) groups excluding carboxylic acids is 7. The molecule has 5 atom stereocenters. The van der Waals surface area contributed by atoms with E-state index in [9.17, 15) is 43.7 Å². The summed E-state index contributed by atoms with van der Waals surface area (Å²) in [5.41, 5.74) is 3.83. The van der Waals surface area contributed by atoms with Crippen LogP contribution in [0, 0.1) is 10.1 Å². The summed E-state index contributed by atoms with van der Waals surface area (Å²) in [6.07, 6.45) is -10.8. The topological polar surface area (TPSA) is 270 Å². The zero-order valence-electron chi connectivity index (χ0n) is 35.0. The van der Waals surface area contributed by atoms with E-state index in [0.29, 0.717) is 0 Å². The summed E-state index contributed by atoms with van der Waals surface area (Å²) in [6.45, 7) is 1.93. The number of nitrogens with one attached hydrogen (secondary N) is 2. The third-order valence-corrected chi connectivity index (χ3v) is 9.74. The standard InChI is InChI=1S/C44H41N3O18/c1-23(48)60-37-38(61-24(2)49)40(62-25(3)50)42(65-39(37)41(52)57-4)64-35-18-13-26(21-59-44(54)63-28-16-14-27(15-17-28)47(55)56)19-34(35)46-36(51)20-45-43(53)58-22-33-31-11-7-5-9-29(31)30-10-6-8-12-32(30)33/h5-19,33,37-40,42H,20-22H2,1-4H3,(H,45,53)(H,46,51)/t37-,38-,39-,40+,42+/m0/s1. The van der Waals surface area contributed by atoms with E-state index < -0.39 is 90.8 Å². The molecular formula is C44H41N3O18. The molecule has 0 bridgehead atoms. The van der Waals surface area contributed by atoms with Crippen LogP contribution in [0.25, 0.3) is 11.1 Å². The average molecular weight is 900 g/mol. The zero-order chi connectivity index (χ0) is 46.8. The Morgan fingerprint density at radius 1 is 0.738 bits per heavy atom. The SMILES string of the molecule is COC(=O)[C@H]1O[C@@H](Oc2ccc(COC(=O)Oc3ccc([N+](=O)[O-])cc3)cc2NC(=O)CNC(=O)OCC2c3ccccc3-c3ccccc32)[C@H](OC(C)=O)[C@@H](OC(C)=O)[C@@H]1OC(C)=O. The van der Waals surface area contributed by atoms with Crippen molar-refractivity contribution in [3.8, 4) is 22.6 Å². The number of nitro groups is 1. The molecule has 340 valence electrons. The van der Waals surface area contributed by atoms with Gasteiger partial charge in [0.15, 0.2) is 18.3 Å². The summed E-state index contributed by atoms with van der Waals surface area (Å²) in [4.78, 5) is 99.1. The Bertz CT molecular complexity index is 2430. The lowest BCUT2D eigenvalue weighted by atomic mass is 9.97. The Kier molecular flexibility index (Phi) is 14.9. The van der Waals surface area contributed by atoms with Gasteiger partial charge in [-0.15, -0.1) is 0 Å². The number of ether oxygens (including phenoxy) is 9. The van der Waals surface area contributed by atoms with E-state index in [4.69, 9.17) is 42.6 Å². The van der Waals surface area contributed by atoms with Gasteiger partial charge in [0.05, 0.1) is 17.7 Å². The van der Waals surface area contributed by atoms with E-state index in [2.05, 4.69) is 10.6 Å². The van der Waals surface area contributed by atoms with Crippen LogP contribution >= 0.6 is 0 Å². The molecule has 4 aromatic rings. The molecule has 2 N–H and O–H groups in total. The first-order valence-corrected chi connectivity index (χ1v) is 19.6. The lowest BCUT2D eigenvalue weighted by Crippen LogP contribution is -2.64. The van der Waals surface area contributed by atoms with Gasteiger partial charge in [0.1, 0.15) is 31.3 Å². The van der Waals surface area contributed by atoms with Gasteiger partial charge < -0.3 is 53.3 Å². The quantitative estimate of drug-likeness (QED) is 0.0530. The highest BCUT2D eigenvalue weighted by atomic mass is 16.7. The van der Waals surface area contributed by atoms with Gasteiger partial charge >= 0.3 is 36.1 Å². The molecule has 1 saturated heterocycles. The van der Waals surface area contributed by atoms with Gasteiger partial charge in [-0.25, -0.2) is 14.4 Å². The minimum absolute atomic E-state index is 0.0295. The van der Waals surface area contributed by atoms with Crippen LogP contribution in [0.15, 0.2) is 91.0 Å². The van der Waals surface area contributed by atoms with Crippen molar-refractivity contribution >= 4 is 53.4 Å². The molecule has 1 aliphatic heterocycles. The number of hydrogen-bond acceptors (Lipinski definition) is 18. The second-order valence-electron chi connectivity index (χ2n) is 14.2. The number of amides is 2. The highest BCUT2D eigenvalue weighted by Crippen LogP contribution is 2.44. The van der Waals surface area contributed by atoms with Gasteiger partial charge in [0.2, 0.25) is 18.3 Å². The third kappa shape index (κ3) is 11.7. The number of rotatable bonds is 15. The number of hydrogen-bond donors (Lipinski definition) is 2. The second kappa shape index (κ2) is 20.9. The van der Waals surface area contributed by atoms with Crippen molar-refractivity contribution in [1.29, 1.82) is 0 Å². The predicted molar refractivity (Wildman–Crippen MR) is 220 cm³/mol. The van der Waals surface area contributed by atoms with Gasteiger partial charge in [0, 0.05) is 38.8 Å². The smallest absolute Gasteiger partial charge is 0.467 e. The number of anilines is 1. The average Bonchev–Trinajstić information content (AvgIpc) is 3.59. The van der Waals surface area contributed by atoms with Crippen LogP contribution in [-0.4, -0.2) is 97.9 Å². The number of carbonyl (C=O) groups is 7. The van der Waals surface area contributed by atoms with Crippen molar-refractivity contribution in [2.24, 2.45) is 0 Å². The normalized spacial score (nSPS) is 18.3. The minimum Gasteiger partial charge on any atom is -0.467 e. The molecule has 1 aliphatic carbocycles. The number of nitro benzene ring substituents is 1. The molecule has 65 heavy (non-hydrogen) atoms. The number of benzene rings is 4. The maximum atomic E-state index is 13.5. The van der Waals surface area contributed by atoms with Crippen molar-refractivity contribution in [2.75, 3.05) is 25.6 Å². The molecule has 0 unspecified atom stereocenters. The zero-order valence-corrected chi connectivity index (χ0v) is 35.0. The van der Waals surface area contributed by atoms with Crippen molar-refractivity contribution in [2.45, 2.75) is 64.0 Å². The van der Waals surface area contributed by atoms with E-state index >= 15 is 0 Å². The molecule has 21 nitrogen and oxygen atoms in total. The molecule has 0 saturated carbocycles.